The van der Waals surface area contributed by atoms with Crippen LogP contribution in [0.25, 0.3) is 0 Å². The van der Waals surface area contributed by atoms with Crippen molar-refractivity contribution in [2.75, 3.05) is 4.72 Å². The van der Waals surface area contributed by atoms with E-state index in [0.29, 0.717) is 9.08 Å². The minimum Gasteiger partial charge on any atom is -0.261 e. The maximum atomic E-state index is 12.3. The Balaban J connectivity index is 2.41. The number of halogens is 4. The molecule has 2 aromatic rings. The van der Waals surface area contributed by atoms with Crippen LogP contribution in [-0.4, -0.2) is 18.4 Å². The molecule has 0 spiro atoms. The van der Waals surface area contributed by atoms with Crippen LogP contribution in [0.15, 0.2) is 43.0 Å². The predicted octanol–water partition coefficient (Wildman–Crippen LogP) is 4.22. The quantitative estimate of drug-likeness (QED) is 0.677. The van der Waals surface area contributed by atoms with Gasteiger partial charge in [-0.05, 0) is 50.1 Å². The maximum Gasteiger partial charge on any atom is 0.264 e. The van der Waals surface area contributed by atoms with Crippen molar-refractivity contribution < 1.29 is 8.42 Å². The van der Waals surface area contributed by atoms with E-state index in [1.54, 1.807) is 6.07 Å². The Morgan fingerprint density at radius 2 is 1.90 bits per heavy atom. The number of benzene rings is 1. The summed E-state index contributed by atoms with van der Waals surface area (Å²) in [6.07, 6.45) is 1.38. The SMILES string of the molecule is O=S(=O)(Nc1ncc(Br)nc1Br)c1ccc(Br)cc1Cl. The molecular weight excluding hydrogens is 501 g/mol. The lowest BCUT2D eigenvalue weighted by molar-refractivity contribution is 0.601. The van der Waals surface area contributed by atoms with Gasteiger partial charge in [0.1, 0.15) is 9.50 Å². The minimum absolute atomic E-state index is 0.0426. The first kappa shape index (κ1) is 16.2. The summed E-state index contributed by atoms with van der Waals surface area (Å²) in [5.74, 6) is 0.0761. The molecular formula is C10H5Br3ClN3O2S. The molecule has 0 unspecified atom stereocenters. The van der Waals surface area contributed by atoms with E-state index >= 15 is 0 Å². The Kier molecular flexibility index (Phi) is 5.06. The number of nitrogens with one attached hydrogen (secondary N) is 1. The molecule has 0 atom stereocenters. The lowest BCUT2D eigenvalue weighted by Crippen LogP contribution is -2.15. The number of aromatic nitrogens is 2. The predicted molar refractivity (Wildman–Crippen MR) is 87.4 cm³/mol. The van der Waals surface area contributed by atoms with Crippen molar-refractivity contribution in [3.05, 3.63) is 43.1 Å². The van der Waals surface area contributed by atoms with Crippen LogP contribution in [0.1, 0.15) is 0 Å². The van der Waals surface area contributed by atoms with Gasteiger partial charge in [-0.2, -0.15) is 0 Å². The third-order valence-electron chi connectivity index (χ3n) is 2.12. The fourth-order valence-electron chi connectivity index (χ4n) is 1.29. The van der Waals surface area contributed by atoms with E-state index < -0.39 is 10.0 Å². The van der Waals surface area contributed by atoms with E-state index in [1.807, 2.05) is 0 Å². The van der Waals surface area contributed by atoms with Crippen molar-refractivity contribution in [2.45, 2.75) is 4.90 Å². The summed E-state index contributed by atoms with van der Waals surface area (Å²) in [5, 5.41) is 0.105. The average molecular weight is 506 g/mol. The second kappa shape index (κ2) is 6.27. The molecule has 5 nitrogen and oxygen atoms in total. The van der Waals surface area contributed by atoms with E-state index in [9.17, 15) is 8.42 Å². The fraction of sp³-hybridized carbons (Fsp3) is 0. The van der Waals surface area contributed by atoms with Crippen LogP contribution in [0, 0.1) is 0 Å². The van der Waals surface area contributed by atoms with E-state index in [1.165, 1.54) is 18.3 Å². The second-order valence-corrected chi connectivity index (χ2v) is 8.05. The van der Waals surface area contributed by atoms with Gasteiger partial charge in [-0.1, -0.05) is 27.5 Å². The standard InChI is InChI=1S/C10H5Br3ClN3O2S/c11-5-1-2-7(6(14)3-5)20(18,19)17-10-9(13)16-8(12)4-15-10/h1-4H,(H,15,17). The van der Waals surface area contributed by atoms with Crippen LogP contribution in [0.5, 0.6) is 0 Å². The molecule has 0 bridgehead atoms. The van der Waals surface area contributed by atoms with Crippen LogP contribution < -0.4 is 4.72 Å². The Hall–Kier alpha value is -0.220. The number of anilines is 1. The molecule has 1 N–H and O–H groups in total. The number of hydrogen-bond acceptors (Lipinski definition) is 4. The summed E-state index contributed by atoms with van der Waals surface area (Å²) >= 11 is 15.4. The summed E-state index contributed by atoms with van der Waals surface area (Å²) < 4.78 is 28.3. The highest BCUT2D eigenvalue weighted by atomic mass is 79.9. The third kappa shape index (κ3) is 3.70. The van der Waals surface area contributed by atoms with Gasteiger partial charge < -0.3 is 0 Å². The van der Waals surface area contributed by atoms with Gasteiger partial charge in [0.2, 0.25) is 0 Å². The molecule has 1 aromatic heterocycles. The molecule has 10 heteroatoms. The summed E-state index contributed by atoms with van der Waals surface area (Å²) in [4.78, 5) is 7.89. The molecule has 106 valence electrons. The van der Waals surface area contributed by atoms with Gasteiger partial charge in [0.15, 0.2) is 10.4 Å². The first-order valence-electron chi connectivity index (χ1n) is 4.95. The van der Waals surface area contributed by atoms with Gasteiger partial charge in [-0.3, -0.25) is 4.72 Å². The molecule has 0 aliphatic carbocycles. The number of hydrogen-bond donors (Lipinski definition) is 1. The zero-order chi connectivity index (χ0) is 14.9. The molecule has 1 heterocycles. The highest BCUT2D eigenvalue weighted by Crippen LogP contribution is 2.28. The lowest BCUT2D eigenvalue weighted by atomic mass is 10.4. The maximum absolute atomic E-state index is 12.3. The monoisotopic (exact) mass is 503 g/mol. The van der Waals surface area contributed by atoms with Gasteiger partial charge in [0, 0.05) is 4.47 Å². The van der Waals surface area contributed by atoms with E-state index in [-0.39, 0.29) is 20.3 Å². The van der Waals surface area contributed by atoms with Crippen LogP contribution in [0.3, 0.4) is 0 Å². The fourth-order valence-corrected chi connectivity index (χ4v) is 4.39. The van der Waals surface area contributed by atoms with Crippen LogP contribution in [-0.2, 0) is 10.0 Å². The smallest absolute Gasteiger partial charge is 0.261 e. The van der Waals surface area contributed by atoms with E-state index in [2.05, 4.69) is 62.5 Å². The third-order valence-corrected chi connectivity index (χ3v) is 5.37. The molecule has 0 aliphatic heterocycles. The summed E-state index contributed by atoms with van der Waals surface area (Å²) in [6.45, 7) is 0. The van der Waals surface area contributed by atoms with Crippen LogP contribution in [0.2, 0.25) is 5.02 Å². The molecule has 20 heavy (non-hydrogen) atoms. The Morgan fingerprint density at radius 3 is 2.50 bits per heavy atom. The van der Waals surface area contributed by atoms with Crippen LogP contribution >= 0.6 is 59.4 Å². The van der Waals surface area contributed by atoms with Gasteiger partial charge >= 0.3 is 0 Å². The first-order chi connectivity index (χ1) is 9.29. The lowest BCUT2D eigenvalue weighted by Gasteiger charge is -2.10. The molecule has 1 aromatic carbocycles. The molecule has 0 saturated carbocycles. The molecule has 2 rings (SSSR count). The molecule has 0 radical (unpaired) electrons. The number of rotatable bonds is 3. The minimum atomic E-state index is -3.85. The van der Waals surface area contributed by atoms with Crippen molar-refractivity contribution in [3.63, 3.8) is 0 Å². The Bertz CT molecular complexity index is 770. The van der Waals surface area contributed by atoms with Crippen molar-refractivity contribution in [3.8, 4) is 0 Å². The molecule has 0 amide bonds. The van der Waals surface area contributed by atoms with Crippen molar-refractivity contribution >= 4 is 75.2 Å². The van der Waals surface area contributed by atoms with Crippen molar-refractivity contribution in [1.29, 1.82) is 0 Å². The molecule has 0 aliphatic rings. The Labute approximate surface area is 145 Å². The number of sulfonamides is 1. The summed E-state index contributed by atoms with van der Waals surface area (Å²) in [7, 11) is -3.85. The number of nitrogens with zero attached hydrogens (tertiary/aromatic N) is 2. The van der Waals surface area contributed by atoms with E-state index in [0.717, 1.165) is 0 Å². The van der Waals surface area contributed by atoms with Gasteiger partial charge in [-0.25, -0.2) is 18.4 Å². The topological polar surface area (TPSA) is 72.0 Å². The van der Waals surface area contributed by atoms with E-state index in [4.69, 9.17) is 11.6 Å². The highest BCUT2D eigenvalue weighted by Gasteiger charge is 2.20. The average Bonchev–Trinajstić information content (AvgIpc) is 2.32. The van der Waals surface area contributed by atoms with Gasteiger partial charge in [0.05, 0.1) is 11.2 Å². The van der Waals surface area contributed by atoms with Gasteiger partial charge in [-0.15, -0.1) is 0 Å². The van der Waals surface area contributed by atoms with Crippen molar-refractivity contribution in [2.24, 2.45) is 0 Å². The highest BCUT2D eigenvalue weighted by molar-refractivity contribution is 9.11. The largest absolute Gasteiger partial charge is 0.264 e. The molecule has 0 saturated heterocycles. The Morgan fingerprint density at radius 1 is 1.20 bits per heavy atom. The zero-order valence-electron chi connectivity index (χ0n) is 9.44. The summed E-state index contributed by atoms with van der Waals surface area (Å²) in [6, 6.07) is 4.48. The van der Waals surface area contributed by atoms with Crippen molar-refractivity contribution in [1.82, 2.24) is 9.97 Å². The zero-order valence-corrected chi connectivity index (χ0v) is 15.8. The second-order valence-electron chi connectivity index (χ2n) is 3.51. The van der Waals surface area contributed by atoms with Crippen LogP contribution in [0.4, 0.5) is 5.82 Å². The first-order valence-corrected chi connectivity index (χ1v) is 9.19. The van der Waals surface area contributed by atoms with Gasteiger partial charge in [0.25, 0.3) is 10.0 Å². The molecule has 0 fully saturated rings. The normalized spacial score (nSPS) is 11.4. The summed E-state index contributed by atoms with van der Waals surface area (Å²) in [5.41, 5.74) is 0.